The predicted molar refractivity (Wildman–Crippen MR) is 55.4 cm³/mol. The molecule has 2 nitrogen and oxygen atoms in total. The molecule has 0 aliphatic rings. The predicted octanol–water partition coefficient (Wildman–Crippen LogP) is 2.88. The van der Waals surface area contributed by atoms with Gasteiger partial charge < -0.3 is 0 Å². The minimum atomic E-state index is 0.609. The maximum Gasteiger partial charge on any atom is 0.0489 e. The van der Waals surface area contributed by atoms with Crippen molar-refractivity contribution in [1.82, 2.24) is 9.78 Å². The summed E-state index contributed by atoms with van der Waals surface area (Å²) >= 11 is 0. The van der Waals surface area contributed by atoms with Crippen LogP contribution in [0.4, 0.5) is 0 Å². The SMILES string of the molecule is C=C(CCCn1cccn1)C(C)C. The number of aromatic nitrogens is 2. The summed E-state index contributed by atoms with van der Waals surface area (Å²) in [6, 6.07) is 1.96. The molecule has 0 bridgehead atoms. The third kappa shape index (κ3) is 3.45. The maximum absolute atomic E-state index is 4.14. The molecule has 0 amide bonds. The summed E-state index contributed by atoms with van der Waals surface area (Å²) in [6.07, 6.45) is 6.06. The highest BCUT2D eigenvalue weighted by atomic mass is 15.3. The van der Waals surface area contributed by atoms with Crippen molar-refractivity contribution in [3.63, 3.8) is 0 Å². The summed E-state index contributed by atoms with van der Waals surface area (Å²) in [5.41, 5.74) is 1.34. The number of allylic oxidation sites excluding steroid dienone is 1. The second-order valence-corrected chi connectivity index (χ2v) is 3.69. The Kier molecular flexibility index (Phi) is 3.74. The highest BCUT2D eigenvalue weighted by Gasteiger charge is 1.99. The van der Waals surface area contributed by atoms with E-state index in [1.165, 1.54) is 5.57 Å². The third-order valence-corrected chi connectivity index (χ3v) is 2.26. The van der Waals surface area contributed by atoms with Gasteiger partial charge in [-0.1, -0.05) is 26.0 Å². The standard InChI is InChI=1S/C11H18N2/c1-10(2)11(3)6-4-8-13-9-5-7-12-13/h5,7,9-10H,3-4,6,8H2,1-2H3. The maximum atomic E-state index is 4.14. The van der Waals surface area contributed by atoms with Crippen molar-refractivity contribution < 1.29 is 0 Å². The fraction of sp³-hybridized carbons (Fsp3) is 0.545. The molecule has 0 unspecified atom stereocenters. The average Bonchev–Trinajstić information content (AvgIpc) is 2.56. The van der Waals surface area contributed by atoms with E-state index in [-0.39, 0.29) is 0 Å². The van der Waals surface area contributed by atoms with Gasteiger partial charge in [-0.3, -0.25) is 4.68 Å². The molecule has 0 spiro atoms. The molecule has 0 aromatic carbocycles. The zero-order valence-electron chi connectivity index (χ0n) is 8.53. The largest absolute Gasteiger partial charge is 0.273 e. The third-order valence-electron chi connectivity index (χ3n) is 2.26. The number of rotatable bonds is 5. The van der Waals surface area contributed by atoms with Crippen LogP contribution in [0, 0.1) is 5.92 Å². The number of hydrogen-bond acceptors (Lipinski definition) is 1. The van der Waals surface area contributed by atoms with E-state index < -0.39 is 0 Å². The van der Waals surface area contributed by atoms with Crippen LogP contribution in [0.2, 0.25) is 0 Å². The Bertz CT molecular complexity index is 247. The molecule has 0 fully saturated rings. The zero-order chi connectivity index (χ0) is 9.68. The van der Waals surface area contributed by atoms with Gasteiger partial charge in [-0.15, -0.1) is 0 Å². The number of hydrogen-bond donors (Lipinski definition) is 0. The molecule has 0 N–H and O–H groups in total. The minimum absolute atomic E-state index is 0.609. The van der Waals surface area contributed by atoms with Crippen molar-refractivity contribution in [2.45, 2.75) is 33.2 Å². The van der Waals surface area contributed by atoms with Gasteiger partial charge in [0.15, 0.2) is 0 Å². The second-order valence-electron chi connectivity index (χ2n) is 3.69. The minimum Gasteiger partial charge on any atom is -0.273 e. The zero-order valence-corrected chi connectivity index (χ0v) is 8.53. The quantitative estimate of drug-likeness (QED) is 0.634. The average molecular weight is 178 g/mol. The van der Waals surface area contributed by atoms with Crippen LogP contribution in [0.3, 0.4) is 0 Å². The van der Waals surface area contributed by atoms with Crippen LogP contribution in [0.5, 0.6) is 0 Å². The molecular weight excluding hydrogens is 160 g/mol. The van der Waals surface area contributed by atoms with E-state index in [1.54, 1.807) is 0 Å². The second kappa shape index (κ2) is 4.85. The first kappa shape index (κ1) is 10.0. The molecule has 2 heteroatoms. The van der Waals surface area contributed by atoms with Crippen molar-refractivity contribution in [3.8, 4) is 0 Å². The molecular formula is C11H18N2. The lowest BCUT2D eigenvalue weighted by Crippen LogP contribution is -2.00. The topological polar surface area (TPSA) is 17.8 Å². The molecule has 13 heavy (non-hydrogen) atoms. The summed E-state index contributed by atoms with van der Waals surface area (Å²) in [5, 5.41) is 4.14. The van der Waals surface area contributed by atoms with Crippen molar-refractivity contribution in [1.29, 1.82) is 0 Å². The van der Waals surface area contributed by atoms with Crippen molar-refractivity contribution in [3.05, 3.63) is 30.6 Å². The summed E-state index contributed by atoms with van der Waals surface area (Å²) < 4.78 is 1.97. The summed E-state index contributed by atoms with van der Waals surface area (Å²) in [4.78, 5) is 0. The summed E-state index contributed by atoms with van der Waals surface area (Å²) in [6.45, 7) is 9.42. The van der Waals surface area contributed by atoms with E-state index in [1.807, 2.05) is 23.1 Å². The molecule has 0 radical (unpaired) electrons. The molecule has 1 rings (SSSR count). The molecule has 0 aliphatic heterocycles. The Morgan fingerprint density at radius 1 is 1.54 bits per heavy atom. The van der Waals surface area contributed by atoms with Gasteiger partial charge in [0, 0.05) is 18.9 Å². The first-order valence-electron chi connectivity index (χ1n) is 4.85. The fourth-order valence-corrected chi connectivity index (χ4v) is 1.19. The lowest BCUT2D eigenvalue weighted by Gasteiger charge is -2.08. The van der Waals surface area contributed by atoms with Gasteiger partial charge in [0.05, 0.1) is 0 Å². The smallest absolute Gasteiger partial charge is 0.0489 e. The van der Waals surface area contributed by atoms with Crippen molar-refractivity contribution >= 4 is 0 Å². The van der Waals surface area contributed by atoms with Gasteiger partial charge in [-0.05, 0) is 24.8 Å². The van der Waals surface area contributed by atoms with Gasteiger partial charge in [-0.25, -0.2) is 0 Å². The molecule has 0 saturated heterocycles. The van der Waals surface area contributed by atoms with Gasteiger partial charge in [-0.2, -0.15) is 5.10 Å². The first-order chi connectivity index (χ1) is 6.20. The lowest BCUT2D eigenvalue weighted by molar-refractivity contribution is 0.561. The van der Waals surface area contributed by atoms with E-state index in [0.717, 1.165) is 19.4 Å². The number of aryl methyl sites for hydroxylation is 1. The molecule has 1 aromatic heterocycles. The lowest BCUT2D eigenvalue weighted by atomic mass is 10.0. The van der Waals surface area contributed by atoms with E-state index in [2.05, 4.69) is 25.5 Å². The first-order valence-corrected chi connectivity index (χ1v) is 4.85. The molecule has 0 aliphatic carbocycles. The van der Waals surface area contributed by atoms with Gasteiger partial charge >= 0.3 is 0 Å². The molecule has 0 atom stereocenters. The van der Waals surface area contributed by atoms with Gasteiger partial charge in [0.2, 0.25) is 0 Å². The molecule has 1 aromatic rings. The highest BCUT2D eigenvalue weighted by Crippen LogP contribution is 2.13. The number of nitrogens with zero attached hydrogens (tertiary/aromatic N) is 2. The Morgan fingerprint density at radius 2 is 2.31 bits per heavy atom. The Labute approximate surface area is 80.3 Å². The Balaban J connectivity index is 2.18. The summed E-state index contributed by atoms with van der Waals surface area (Å²) in [5.74, 6) is 0.609. The van der Waals surface area contributed by atoms with Crippen LogP contribution in [-0.4, -0.2) is 9.78 Å². The van der Waals surface area contributed by atoms with Gasteiger partial charge in [0.1, 0.15) is 0 Å². The van der Waals surface area contributed by atoms with Crippen LogP contribution in [0.25, 0.3) is 0 Å². The van der Waals surface area contributed by atoms with Crippen molar-refractivity contribution in [2.75, 3.05) is 0 Å². The monoisotopic (exact) mass is 178 g/mol. The van der Waals surface area contributed by atoms with Crippen molar-refractivity contribution in [2.24, 2.45) is 5.92 Å². The normalized spacial score (nSPS) is 10.7. The van der Waals surface area contributed by atoms with Crippen LogP contribution >= 0.6 is 0 Å². The van der Waals surface area contributed by atoms with E-state index in [9.17, 15) is 0 Å². The van der Waals surface area contributed by atoms with Crippen LogP contribution in [0.15, 0.2) is 30.6 Å². The van der Waals surface area contributed by atoms with Gasteiger partial charge in [0.25, 0.3) is 0 Å². The van der Waals surface area contributed by atoms with E-state index in [4.69, 9.17) is 0 Å². The Morgan fingerprint density at radius 3 is 2.85 bits per heavy atom. The van der Waals surface area contributed by atoms with E-state index >= 15 is 0 Å². The molecule has 1 heterocycles. The fourth-order valence-electron chi connectivity index (χ4n) is 1.19. The van der Waals surface area contributed by atoms with Crippen LogP contribution in [-0.2, 0) is 6.54 Å². The highest BCUT2D eigenvalue weighted by molar-refractivity contribution is 4.96. The molecule has 0 saturated carbocycles. The summed E-state index contributed by atoms with van der Waals surface area (Å²) in [7, 11) is 0. The Hall–Kier alpha value is -1.05. The van der Waals surface area contributed by atoms with E-state index in [0.29, 0.717) is 5.92 Å². The molecule has 72 valence electrons. The van der Waals surface area contributed by atoms with Crippen LogP contribution in [0.1, 0.15) is 26.7 Å². The van der Waals surface area contributed by atoms with Crippen LogP contribution < -0.4 is 0 Å².